The number of aromatic nitrogens is 2. The van der Waals surface area contributed by atoms with Crippen LogP contribution in [0, 0.1) is 5.82 Å². The molecule has 3 aromatic rings. The molecule has 2 aromatic carbocycles. The molecular formula is C30H33FN4O5. The molecule has 0 bridgehead atoms. The number of hydrogen-bond acceptors (Lipinski definition) is 6. The molecule has 210 valence electrons. The molecular weight excluding hydrogens is 515 g/mol. The van der Waals surface area contributed by atoms with Gasteiger partial charge in [0.05, 0.1) is 25.4 Å². The molecule has 1 aromatic heterocycles. The summed E-state index contributed by atoms with van der Waals surface area (Å²) in [5, 5.41) is 4.27. The summed E-state index contributed by atoms with van der Waals surface area (Å²) in [6.45, 7) is 3.71. The Hall–Kier alpha value is -4.05. The molecule has 1 spiro atoms. The van der Waals surface area contributed by atoms with E-state index in [-0.39, 0.29) is 31.3 Å². The van der Waals surface area contributed by atoms with E-state index < -0.39 is 22.9 Å². The number of benzene rings is 2. The van der Waals surface area contributed by atoms with E-state index in [4.69, 9.17) is 9.47 Å². The van der Waals surface area contributed by atoms with Gasteiger partial charge in [0, 0.05) is 19.2 Å². The van der Waals surface area contributed by atoms with Crippen LogP contribution in [0.1, 0.15) is 42.2 Å². The molecule has 2 aliphatic heterocycles. The Morgan fingerprint density at radius 2 is 1.80 bits per heavy atom. The van der Waals surface area contributed by atoms with Crippen molar-refractivity contribution < 1.29 is 23.5 Å². The van der Waals surface area contributed by atoms with Crippen molar-refractivity contribution in [3.05, 3.63) is 88.1 Å². The molecule has 2 amide bonds. The Labute approximate surface area is 232 Å². The SMILES string of the molecule is CCN1CCOc2ccccc2CCCCC2(CN(C(=O)c3ccc(=O)n(-c4ccc(F)cc4)n3)CCO2)C1=O. The maximum atomic E-state index is 13.9. The fourth-order valence-corrected chi connectivity index (χ4v) is 5.33. The van der Waals surface area contributed by atoms with Crippen LogP contribution < -0.4 is 10.3 Å². The molecule has 1 saturated heterocycles. The molecule has 40 heavy (non-hydrogen) atoms. The van der Waals surface area contributed by atoms with E-state index in [1.54, 1.807) is 9.80 Å². The first-order valence-electron chi connectivity index (χ1n) is 13.7. The summed E-state index contributed by atoms with van der Waals surface area (Å²) in [5.41, 5.74) is -0.0994. The van der Waals surface area contributed by atoms with Crippen molar-refractivity contribution in [2.45, 2.75) is 38.2 Å². The highest BCUT2D eigenvalue weighted by Gasteiger charge is 2.46. The quantitative estimate of drug-likeness (QED) is 0.499. The molecule has 3 heterocycles. The van der Waals surface area contributed by atoms with Gasteiger partial charge in [0.1, 0.15) is 23.9 Å². The molecule has 9 nitrogen and oxygen atoms in total. The Morgan fingerprint density at radius 3 is 2.60 bits per heavy atom. The first-order valence-corrected chi connectivity index (χ1v) is 13.7. The van der Waals surface area contributed by atoms with Gasteiger partial charge in [-0.2, -0.15) is 9.78 Å². The highest BCUT2D eigenvalue weighted by atomic mass is 19.1. The van der Waals surface area contributed by atoms with Crippen molar-refractivity contribution in [2.24, 2.45) is 0 Å². The van der Waals surface area contributed by atoms with Crippen LogP contribution in [0.25, 0.3) is 5.69 Å². The third-order valence-electron chi connectivity index (χ3n) is 7.49. The van der Waals surface area contributed by atoms with E-state index in [0.717, 1.165) is 35.3 Å². The smallest absolute Gasteiger partial charge is 0.274 e. The van der Waals surface area contributed by atoms with E-state index in [9.17, 15) is 18.8 Å². The van der Waals surface area contributed by atoms with E-state index in [0.29, 0.717) is 31.8 Å². The van der Waals surface area contributed by atoms with E-state index >= 15 is 0 Å². The van der Waals surface area contributed by atoms with Crippen LogP contribution in [0.5, 0.6) is 5.75 Å². The summed E-state index contributed by atoms with van der Waals surface area (Å²) < 4.78 is 26.7. The van der Waals surface area contributed by atoms with E-state index in [1.807, 2.05) is 25.1 Å². The molecule has 0 saturated carbocycles. The number of carbonyl (C=O) groups excluding carboxylic acids is 2. The standard InChI is InChI=1S/C30H33FN4O5/c1-2-33-17-19-39-26-9-4-3-7-22(26)8-5-6-16-30(29(33)38)21-34(18-20-40-30)28(37)25-14-15-27(36)35(32-25)24-12-10-23(31)11-13-24/h3-4,7,9-15H,2,5-6,8,16-21H2,1H3. The molecule has 1 fully saturated rings. The summed E-state index contributed by atoms with van der Waals surface area (Å²) in [7, 11) is 0. The van der Waals surface area contributed by atoms with Crippen molar-refractivity contribution in [1.82, 2.24) is 19.6 Å². The number of fused-ring (bicyclic) bond motifs is 1. The van der Waals surface area contributed by atoms with Crippen molar-refractivity contribution in [3.63, 3.8) is 0 Å². The van der Waals surface area contributed by atoms with Crippen LogP contribution in [0.3, 0.4) is 0 Å². The molecule has 0 N–H and O–H groups in total. The van der Waals surface area contributed by atoms with Crippen LogP contribution in [-0.4, -0.2) is 76.4 Å². The van der Waals surface area contributed by atoms with Gasteiger partial charge in [-0.25, -0.2) is 4.39 Å². The minimum absolute atomic E-state index is 0.0546. The predicted molar refractivity (Wildman–Crippen MR) is 146 cm³/mol. The lowest BCUT2D eigenvalue weighted by molar-refractivity contribution is -0.170. The second-order valence-electron chi connectivity index (χ2n) is 10.1. The summed E-state index contributed by atoms with van der Waals surface area (Å²) >= 11 is 0. The lowest BCUT2D eigenvalue weighted by atomic mass is 9.91. The fourth-order valence-electron chi connectivity index (χ4n) is 5.33. The van der Waals surface area contributed by atoms with E-state index in [2.05, 4.69) is 11.2 Å². The van der Waals surface area contributed by atoms with Crippen molar-refractivity contribution in [2.75, 3.05) is 39.4 Å². The van der Waals surface area contributed by atoms with Crippen LogP contribution in [-0.2, 0) is 16.0 Å². The lowest BCUT2D eigenvalue weighted by Gasteiger charge is -2.44. The number of aryl methyl sites for hydroxylation is 1. The highest BCUT2D eigenvalue weighted by Crippen LogP contribution is 2.30. The molecule has 1 unspecified atom stereocenters. The monoisotopic (exact) mass is 548 g/mol. The maximum absolute atomic E-state index is 13.9. The number of halogens is 1. The van der Waals surface area contributed by atoms with Crippen LogP contribution in [0.4, 0.5) is 4.39 Å². The number of para-hydroxylation sites is 1. The fraction of sp³-hybridized carbons (Fsp3) is 0.400. The topological polar surface area (TPSA) is 94.0 Å². The zero-order chi connectivity index (χ0) is 28.1. The van der Waals surface area contributed by atoms with E-state index in [1.165, 1.54) is 36.4 Å². The maximum Gasteiger partial charge on any atom is 0.274 e. The lowest BCUT2D eigenvalue weighted by Crippen LogP contribution is -2.62. The largest absolute Gasteiger partial charge is 0.491 e. The van der Waals surface area contributed by atoms with Crippen LogP contribution in [0.15, 0.2) is 65.5 Å². The summed E-state index contributed by atoms with van der Waals surface area (Å²) in [6, 6.07) is 15.9. The zero-order valence-electron chi connectivity index (χ0n) is 22.6. The third kappa shape index (κ3) is 5.77. The second-order valence-corrected chi connectivity index (χ2v) is 10.1. The number of amides is 2. The van der Waals surface area contributed by atoms with Gasteiger partial charge in [0.25, 0.3) is 17.4 Å². The van der Waals surface area contributed by atoms with Gasteiger partial charge in [-0.3, -0.25) is 14.4 Å². The summed E-state index contributed by atoms with van der Waals surface area (Å²) in [5.74, 6) is -0.158. The Balaban J connectivity index is 1.39. The summed E-state index contributed by atoms with van der Waals surface area (Å²) in [6.07, 6.45) is 2.85. The number of nitrogens with zero attached hydrogens (tertiary/aromatic N) is 4. The zero-order valence-corrected chi connectivity index (χ0v) is 22.6. The number of ether oxygens (including phenoxy) is 2. The van der Waals surface area contributed by atoms with Gasteiger partial charge in [0.2, 0.25) is 0 Å². The van der Waals surface area contributed by atoms with Crippen molar-refractivity contribution in [3.8, 4) is 11.4 Å². The molecule has 10 heteroatoms. The molecule has 5 rings (SSSR count). The molecule has 1 atom stereocenters. The first kappa shape index (κ1) is 27.5. The van der Waals surface area contributed by atoms with Gasteiger partial charge in [0.15, 0.2) is 5.60 Å². The van der Waals surface area contributed by atoms with Gasteiger partial charge in [-0.15, -0.1) is 0 Å². The summed E-state index contributed by atoms with van der Waals surface area (Å²) in [4.78, 5) is 43.4. The van der Waals surface area contributed by atoms with Crippen LogP contribution in [0.2, 0.25) is 0 Å². The van der Waals surface area contributed by atoms with Gasteiger partial charge in [-0.1, -0.05) is 18.2 Å². The predicted octanol–water partition coefficient (Wildman–Crippen LogP) is 3.24. The number of carbonyl (C=O) groups is 2. The Bertz CT molecular complexity index is 1430. The minimum Gasteiger partial charge on any atom is -0.491 e. The minimum atomic E-state index is -1.19. The van der Waals surface area contributed by atoms with Gasteiger partial charge in [-0.05, 0) is 74.6 Å². The number of hydrogen-bond donors (Lipinski definition) is 0. The Kier molecular flexibility index (Phi) is 8.25. The third-order valence-corrected chi connectivity index (χ3v) is 7.49. The number of rotatable bonds is 3. The number of likely N-dealkylation sites (N-methyl/N-ethyl adjacent to an activating group) is 1. The van der Waals surface area contributed by atoms with Gasteiger partial charge < -0.3 is 19.3 Å². The molecule has 2 aliphatic rings. The second kappa shape index (κ2) is 12.0. The first-order chi connectivity index (χ1) is 19.4. The van der Waals surface area contributed by atoms with Crippen LogP contribution >= 0.6 is 0 Å². The van der Waals surface area contributed by atoms with Crippen molar-refractivity contribution in [1.29, 1.82) is 0 Å². The van der Waals surface area contributed by atoms with Gasteiger partial charge >= 0.3 is 0 Å². The number of morpholine rings is 1. The average molecular weight is 549 g/mol. The van der Waals surface area contributed by atoms with Crippen molar-refractivity contribution >= 4 is 11.8 Å². The average Bonchev–Trinajstić information content (AvgIpc) is 2.98. The normalized spacial score (nSPS) is 20.3. The molecule has 0 aliphatic carbocycles. The Morgan fingerprint density at radius 1 is 1.00 bits per heavy atom. The highest BCUT2D eigenvalue weighted by molar-refractivity contribution is 5.93. The molecule has 0 radical (unpaired) electrons.